The number of aryl methyl sites for hydroxylation is 1. The first-order valence-electron chi connectivity index (χ1n) is 7.69. The Kier molecular flexibility index (Phi) is 3.34. The SMILES string of the molecule is Cc1nnn2c1-c1ccccc1N(c1ccc(Cl)cc1)CC2C. The van der Waals surface area contributed by atoms with Gasteiger partial charge in [-0.3, -0.25) is 0 Å². The Morgan fingerprint density at radius 2 is 1.83 bits per heavy atom. The number of hydrogen-bond acceptors (Lipinski definition) is 3. The molecule has 0 fully saturated rings. The topological polar surface area (TPSA) is 34.0 Å². The molecule has 2 heterocycles. The molecule has 4 nitrogen and oxygen atoms in total. The van der Waals surface area contributed by atoms with Gasteiger partial charge in [0.15, 0.2) is 0 Å². The van der Waals surface area contributed by atoms with Gasteiger partial charge in [0.25, 0.3) is 0 Å². The van der Waals surface area contributed by atoms with Gasteiger partial charge in [0.1, 0.15) is 0 Å². The molecular formula is C18H17ClN4. The van der Waals surface area contributed by atoms with Crippen molar-refractivity contribution >= 4 is 23.0 Å². The summed E-state index contributed by atoms with van der Waals surface area (Å²) in [5, 5.41) is 9.38. The molecule has 2 aromatic carbocycles. The Morgan fingerprint density at radius 1 is 1.09 bits per heavy atom. The van der Waals surface area contributed by atoms with Crippen molar-refractivity contribution in [3.05, 3.63) is 59.2 Å². The summed E-state index contributed by atoms with van der Waals surface area (Å²) in [5.41, 5.74) is 5.53. The molecule has 0 amide bonds. The molecule has 1 aliphatic rings. The summed E-state index contributed by atoms with van der Waals surface area (Å²) in [6.45, 7) is 5.02. The number of benzene rings is 2. The Hall–Kier alpha value is -2.33. The number of fused-ring (bicyclic) bond motifs is 3. The van der Waals surface area contributed by atoms with Crippen molar-refractivity contribution in [1.82, 2.24) is 15.0 Å². The molecule has 1 unspecified atom stereocenters. The summed E-state index contributed by atoms with van der Waals surface area (Å²) in [7, 11) is 0. The highest BCUT2D eigenvalue weighted by Gasteiger charge is 2.27. The van der Waals surface area contributed by atoms with Crippen LogP contribution < -0.4 is 4.90 Å². The maximum absolute atomic E-state index is 6.05. The van der Waals surface area contributed by atoms with Crippen LogP contribution in [0.25, 0.3) is 11.3 Å². The van der Waals surface area contributed by atoms with E-state index in [2.05, 4.69) is 58.5 Å². The average molecular weight is 325 g/mol. The maximum Gasteiger partial charge on any atom is 0.0939 e. The van der Waals surface area contributed by atoms with E-state index in [1.54, 1.807) is 0 Å². The minimum atomic E-state index is 0.217. The standard InChI is InChI=1S/C18H17ClN4/c1-12-11-22(15-9-7-14(19)8-10-15)17-6-4-3-5-16(17)18-13(2)20-21-23(12)18/h3-10,12H,11H2,1-2H3. The van der Waals surface area contributed by atoms with E-state index < -0.39 is 0 Å². The van der Waals surface area contributed by atoms with Crippen LogP contribution in [0.4, 0.5) is 11.4 Å². The molecule has 0 aliphatic carbocycles. The lowest BCUT2D eigenvalue weighted by Gasteiger charge is -2.26. The first kappa shape index (κ1) is 14.3. The molecule has 0 saturated heterocycles. The lowest BCUT2D eigenvalue weighted by Crippen LogP contribution is -2.24. The molecule has 0 bridgehead atoms. The molecule has 1 atom stereocenters. The van der Waals surface area contributed by atoms with Gasteiger partial charge in [0.2, 0.25) is 0 Å². The summed E-state index contributed by atoms with van der Waals surface area (Å²) < 4.78 is 2.03. The molecule has 1 aromatic heterocycles. The molecule has 0 radical (unpaired) electrons. The molecule has 0 spiro atoms. The zero-order valence-corrected chi connectivity index (χ0v) is 13.8. The summed E-state index contributed by atoms with van der Waals surface area (Å²) in [6.07, 6.45) is 0. The van der Waals surface area contributed by atoms with Gasteiger partial charge in [-0.25, -0.2) is 4.68 Å². The van der Waals surface area contributed by atoms with E-state index in [9.17, 15) is 0 Å². The van der Waals surface area contributed by atoms with Crippen LogP contribution in [0.3, 0.4) is 0 Å². The zero-order valence-electron chi connectivity index (χ0n) is 13.1. The number of aromatic nitrogens is 3. The van der Waals surface area contributed by atoms with E-state index in [0.29, 0.717) is 0 Å². The summed E-state index contributed by atoms with van der Waals surface area (Å²) in [5.74, 6) is 0. The van der Waals surface area contributed by atoms with Crippen molar-refractivity contribution in [3.8, 4) is 11.3 Å². The molecular weight excluding hydrogens is 308 g/mol. The van der Waals surface area contributed by atoms with Gasteiger partial charge < -0.3 is 4.90 Å². The number of para-hydroxylation sites is 1. The van der Waals surface area contributed by atoms with Crippen molar-refractivity contribution in [2.75, 3.05) is 11.4 Å². The van der Waals surface area contributed by atoms with E-state index >= 15 is 0 Å². The maximum atomic E-state index is 6.05. The van der Waals surface area contributed by atoms with Crippen LogP contribution in [-0.2, 0) is 0 Å². The van der Waals surface area contributed by atoms with Crippen LogP contribution >= 0.6 is 11.6 Å². The fourth-order valence-electron chi connectivity index (χ4n) is 3.21. The second-order valence-corrected chi connectivity index (χ2v) is 6.36. The van der Waals surface area contributed by atoms with Crippen LogP contribution in [0.15, 0.2) is 48.5 Å². The zero-order chi connectivity index (χ0) is 16.0. The highest BCUT2D eigenvalue weighted by atomic mass is 35.5. The van der Waals surface area contributed by atoms with Gasteiger partial charge in [-0.05, 0) is 44.2 Å². The lowest BCUT2D eigenvalue weighted by atomic mass is 10.1. The molecule has 0 N–H and O–H groups in total. The van der Waals surface area contributed by atoms with Crippen molar-refractivity contribution < 1.29 is 0 Å². The normalized spacial score (nSPS) is 16.7. The minimum Gasteiger partial charge on any atom is -0.339 e. The molecule has 4 rings (SSSR count). The van der Waals surface area contributed by atoms with E-state index in [0.717, 1.165) is 34.2 Å². The monoisotopic (exact) mass is 324 g/mol. The van der Waals surface area contributed by atoms with Crippen molar-refractivity contribution in [1.29, 1.82) is 0 Å². The van der Waals surface area contributed by atoms with Gasteiger partial charge in [-0.2, -0.15) is 0 Å². The molecule has 5 heteroatoms. The smallest absolute Gasteiger partial charge is 0.0939 e. The van der Waals surface area contributed by atoms with Gasteiger partial charge in [-0.1, -0.05) is 35.0 Å². The van der Waals surface area contributed by atoms with Crippen molar-refractivity contribution in [2.45, 2.75) is 19.9 Å². The number of halogens is 1. The summed E-state index contributed by atoms with van der Waals surface area (Å²) in [4.78, 5) is 2.32. The third-order valence-electron chi connectivity index (χ3n) is 4.32. The molecule has 116 valence electrons. The number of anilines is 2. The highest BCUT2D eigenvalue weighted by Crippen LogP contribution is 2.40. The van der Waals surface area contributed by atoms with Gasteiger partial charge in [-0.15, -0.1) is 5.10 Å². The van der Waals surface area contributed by atoms with E-state index in [4.69, 9.17) is 11.6 Å². The Balaban J connectivity index is 1.93. The number of rotatable bonds is 1. The molecule has 1 aliphatic heterocycles. The van der Waals surface area contributed by atoms with E-state index in [1.165, 1.54) is 5.69 Å². The summed E-state index contributed by atoms with van der Waals surface area (Å²) in [6, 6.07) is 16.6. The third-order valence-corrected chi connectivity index (χ3v) is 4.57. The van der Waals surface area contributed by atoms with Crippen molar-refractivity contribution in [3.63, 3.8) is 0 Å². The fraction of sp³-hybridized carbons (Fsp3) is 0.222. The minimum absolute atomic E-state index is 0.217. The Bertz CT molecular complexity index is 854. The van der Waals surface area contributed by atoms with Crippen LogP contribution in [0.5, 0.6) is 0 Å². The second kappa shape index (κ2) is 5.39. The fourth-order valence-corrected chi connectivity index (χ4v) is 3.34. The summed E-state index contributed by atoms with van der Waals surface area (Å²) >= 11 is 6.05. The number of nitrogens with zero attached hydrogens (tertiary/aromatic N) is 4. The quantitative estimate of drug-likeness (QED) is 0.655. The molecule has 23 heavy (non-hydrogen) atoms. The van der Waals surface area contributed by atoms with Gasteiger partial charge in [0, 0.05) is 22.8 Å². The van der Waals surface area contributed by atoms with Gasteiger partial charge in [0.05, 0.1) is 23.1 Å². The van der Waals surface area contributed by atoms with Crippen LogP contribution in [-0.4, -0.2) is 21.5 Å². The van der Waals surface area contributed by atoms with E-state index in [1.807, 2.05) is 23.7 Å². The van der Waals surface area contributed by atoms with E-state index in [-0.39, 0.29) is 6.04 Å². The third kappa shape index (κ3) is 2.30. The number of hydrogen-bond donors (Lipinski definition) is 0. The Morgan fingerprint density at radius 3 is 2.61 bits per heavy atom. The molecule has 3 aromatic rings. The first-order valence-corrected chi connectivity index (χ1v) is 8.07. The first-order chi connectivity index (χ1) is 11.1. The largest absolute Gasteiger partial charge is 0.339 e. The van der Waals surface area contributed by atoms with Crippen LogP contribution in [0.1, 0.15) is 18.7 Å². The average Bonchev–Trinajstić information content (AvgIpc) is 2.89. The second-order valence-electron chi connectivity index (χ2n) is 5.92. The van der Waals surface area contributed by atoms with Crippen molar-refractivity contribution in [2.24, 2.45) is 0 Å². The van der Waals surface area contributed by atoms with Crippen LogP contribution in [0, 0.1) is 6.92 Å². The lowest BCUT2D eigenvalue weighted by molar-refractivity contribution is 0.492. The highest BCUT2D eigenvalue weighted by molar-refractivity contribution is 6.30. The predicted octanol–water partition coefficient (Wildman–Crippen LogP) is 4.62. The van der Waals surface area contributed by atoms with Gasteiger partial charge >= 0.3 is 0 Å². The predicted molar refractivity (Wildman–Crippen MR) is 93.4 cm³/mol. The molecule has 0 saturated carbocycles. The van der Waals surface area contributed by atoms with Crippen LogP contribution in [0.2, 0.25) is 5.02 Å². The Labute approximate surface area is 140 Å².